The molecular weight excluding hydrogens is 351 g/mol. The van der Waals surface area contributed by atoms with Crippen molar-refractivity contribution in [1.82, 2.24) is 15.1 Å². The molecule has 0 saturated carbocycles. The summed E-state index contributed by atoms with van der Waals surface area (Å²) in [5, 5.41) is 7.27. The molecule has 0 atom stereocenters. The van der Waals surface area contributed by atoms with Gasteiger partial charge >= 0.3 is 0 Å². The van der Waals surface area contributed by atoms with E-state index in [2.05, 4.69) is 10.4 Å². The highest BCUT2D eigenvalue weighted by molar-refractivity contribution is 7.80. The molecule has 1 aliphatic rings. The van der Waals surface area contributed by atoms with E-state index in [1.165, 1.54) is 12.1 Å². The zero-order chi connectivity index (χ0) is 18.1. The molecule has 3 aromatic rings. The second-order valence-electron chi connectivity index (χ2n) is 5.63. The van der Waals surface area contributed by atoms with Gasteiger partial charge in [-0.15, -0.1) is 0 Å². The van der Waals surface area contributed by atoms with Crippen LogP contribution in [0.1, 0.15) is 5.56 Å². The number of halogens is 1. The average Bonchev–Trinajstić information content (AvgIpc) is 3.22. The molecule has 7 heteroatoms. The molecular formula is C19H13FN4OS. The number of rotatable bonds is 3. The maximum Gasteiger partial charge on any atom is 0.281 e. The molecule has 1 N–H and O–H groups in total. The lowest BCUT2D eigenvalue weighted by atomic mass is 10.2. The Hall–Kier alpha value is -3.32. The fourth-order valence-electron chi connectivity index (χ4n) is 2.69. The number of para-hydroxylation sites is 2. The molecule has 0 radical (unpaired) electrons. The lowest BCUT2D eigenvalue weighted by molar-refractivity contribution is -0.113. The van der Waals surface area contributed by atoms with Crippen LogP contribution in [-0.4, -0.2) is 20.8 Å². The molecule has 1 aliphatic heterocycles. The molecule has 0 aliphatic carbocycles. The van der Waals surface area contributed by atoms with Gasteiger partial charge in [-0.3, -0.25) is 4.79 Å². The quantitative estimate of drug-likeness (QED) is 0.572. The first-order chi connectivity index (χ1) is 12.6. The van der Waals surface area contributed by atoms with Crippen molar-refractivity contribution in [2.45, 2.75) is 0 Å². The topological polar surface area (TPSA) is 50.2 Å². The molecule has 128 valence electrons. The third kappa shape index (κ3) is 2.89. The first-order valence-electron chi connectivity index (χ1n) is 7.85. The SMILES string of the molecule is O=C1/C(=C\c2cnn(-c3ccccc3)c2)NC(=S)N1c1ccccc1F. The van der Waals surface area contributed by atoms with Crippen molar-refractivity contribution < 1.29 is 9.18 Å². The predicted octanol–water partition coefficient (Wildman–Crippen LogP) is 3.27. The Labute approximate surface area is 154 Å². The first kappa shape index (κ1) is 16.2. The summed E-state index contributed by atoms with van der Waals surface area (Å²) in [4.78, 5) is 13.8. The van der Waals surface area contributed by atoms with Gasteiger partial charge < -0.3 is 5.32 Å². The highest BCUT2D eigenvalue weighted by Crippen LogP contribution is 2.25. The van der Waals surface area contributed by atoms with Gasteiger partial charge in [0.1, 0.15) is 11.5 Å². The van der Waals surface area contributed by atoms with E-state index >= 15 is 0 Å². The minimum atomic E-state index is -0.511. The largest absolute Gasteiger partial charge is 0.327 e. The van der Waals surface area contributed by atoms with Crippen molar-refractivity contribution in [2.24, 2.45) is 0 Å². The molecule has 1 amide bonds. The Morgan fingerprint density at radius 3 is 2.58 bits per heavy atom. The van der Waals surface area contributed by atoms with Gasteiger partial charge in [-0.2, -0.15) is 5.10 Å². The van der Waals surface area contributed by atoms with E-state index in [1.54, 1.807) is 35.3 Å². The van der Waals surface area contributed by atoms with Crippen LogP contribution in [0, 0.1) is 5.82 Å². The van der Waals surface area contributed by atoms with E-state index in [1.807, 2.05) is 30.3 Å². The van der Waals surface area contributed by atoms with Crippen molar-refractivity contribution >= 4 is 35.0 Å². The van der Waals surface area contributed by atoms with Crippen molar-refractivity contribution in [3.05, 3.63) is 84.1 Å². The fraction of sp³-hybridized carbons (Fsp3) is 0. The fourth-order valence-corrected chi connectivity index (χ4v) is 2.98. The summed E-state index contributed by atoms with van der Waals surface area (Å²) < 4.78 is 15.7. The van der Waals surface area contributed by atoms with Crippen molar-refractivity contribution in [3.8, 4) is 5.69 Å². The van der Waals surface area contributed by atoms with Gasteiger partial charge in [-0.25, -0.2) is 14.0 Å². The van der Waals surface area contributed by atoms with Gasteiger partial charge in [0.25, 0.3) is 5.91 Å². The molecule has 26 heavy (non-hydrogen) atoms. The monoisotopic (exact) mass is 364 g/mol. The lowest BCUT2D eigenvalue weighted by Gasteiger charge is -2.14. The summed E-state index contributed by atoms with van der Waals surface area (Å²) in [6, 6.07) is 15.6. The van der Waals surface area contributed by atoms with Gasteiger partial charge in [0.2, 0.25) is 0 Å². The number of nitrogens with zero attached hydrogens (tertiary/aromatic N) is 3. The lowest BCUT2D eigenvalue weighted by Crippen LogP contribution is -2.31. The Morgan fingerprint density at radius 2 is 1.81 bits per heavy atom. The number of carbonyl (C=O) groups is 1. The van der Waals surface area contributed by atoms with Crippen LogP contribution in [0.4, 0.5) is 10.1 Å². The van der Waals surface area contributed by atoms with E-state index in [0.29, 0.717) is 0 Å². The van der Waals surface area contributed by atoms with E-state index in [9.17, 15) is 9.18 Å². The maximum absolute atomic E-state index is 14.0. The second-order valence-corrected chi connectivity index (χ2v) is 6.02. The summed E-state index contributed by atoms with van der Waals surface area (Å²) in [5.74, 6) is -0.921. The van der Waals surface area contributed by atoms with Gasteiger partial charge in [-0.1, -0.05) is 30.3 Å². The Morgan fingerprint density at radius 1 is 1.08 bits per heavy atom. The summed E-state index contributed by atoms with van der Waals surface area (Å²) in [7, 11) is 0. The molecule has 1 aromatic heterocycles. The zero-order valence-electron chi connectivity index (χ0n) is 13.5. The number of amides is 1. The number of nitrogens with one attached hydrogen (secondary N) is 1. The van der Waals surface area contributed by atoms with Crippen molar-refractivity contribution in [3.63, 3.8) is 0 Å². The molecule has 0 unspecified atom stereocenters. The van der Waals surface area contributed by atoms with Crippen LogP contribution in [0.2, 0.25) is 0 Å². The van der Waals surface area contributed by atoms with Crippen molar-refractivity contribution in [2.75, 3.05) is 4.90 Å². The number of benzene rings is 2. The third-order valence-corrected chi connectivity index (χ3v) is 4.19. The van der Waals surface area contributed by atoms with Crippen LogP contribution >= 0.6 is 12.2 Å². The number of carbonyl (C=O) groups excluding carboxylic acids is 1. The highest BCUT2D eigenvalue weighted by Gasteiger charge is 2.33. The molecule has 5 nitrogen and oxygen atoms in total. The Bertz CT molecular complexity index is 1030. The van der Waals surface area contributed by atoms with Crippen LogP contribution in [0.5, 0.6) is 0 Å². The third-order valence-electron chi connectivity index (χ3n) is 3.91. The van der Waals surface area contributed by atoms with E-state index < -0.39 is 11.7 Å². The molecule has 4 rings (SSSR count). The summed E-state index contributed by atoms with van der Waals surface area (Å²) >= 11 is 5.20. The molecule has 1 fully saturated rings. The number of hydrogen-bond acceptors (Lipinski definition) is 3. The number of anilines is 1. The highest BCUT2D eigenvalue weighted by atomic mass is 32.1. The van der Waals surface area contributed by atoms with Crippen LogP contribution in [0.15, 0.2) is 72.7 Å². The molecule has 1 saturated heterocycles. The average molecular weight is 364 g/mol. The number of aromatic nitrogens is 2. The molecule has 0 bridgehead atoms. The minimum Gasteiger partial charge on any atom is -0.327 e. The van der Waals surface area contributed by atoms with Gasteiger partial charge in [-0.05, 0) is 42.6 Å². The molecule has 2 aromatic carbocycles. The first-order valence-corrected chi connectivity index (χ1v) is 8.26. The molecule has 0 spiro atoms. The van der Waals surface area contributed by atoms with Crippen LogP contribution in [0.3, 0.4) is 0 Å². The van der Waals surface area contributed by atoms with E-state index in [0.717, 1.165) is 16.2 Å². The maximum atomic E-state index is 14.0. The Kier molecular flexibility index (Phi) is 4.06. The van der Waals surface area contributed by atoms with Crippen molar-refractivity contribution in [1.29, 1.82) is 0 Å². The number of hydrogen-bond donors (Lipinski definition) is 1. The second kappa shape index (κ2) is 6.53. The summed E-state index contributed by atoms with van der Waals surface area (Å²) in [6.45, 7) is 0. The Balaban J connectivity index is 1.63. The van der Waals surface area contributed by atoms with Gasteiger partial charge in [0.15, 0.2) is 5.11 Å². The van der Waals surface area contributed by atoms with Crippen LogP contribution < -0.4 is 10.2 Å². The summed E-state index contributed by atoms with van der Waals surface area (Å²) in [6.07, 6.45) is 5.08. The van der Waals surface area contributed by atoms with Gasteiger partial charge in [0, 0.05) is 11.8 Å². The van der Waals surface area contributed by atoms with E-state index in [4.69, 9.17) is 12.2 Å². The van der Waals surface area contributed by atoms with Crippen LogP contribution in [0.25, 0.3) is 11.8 Å². The smallest absolute Gasteiger partial charge is 0.281 e. The minimum absolute atomic E-state index is 0.124. The summed E-state index contributed by atoms with van der Waals surface area (Å²) in [5.41, 5.74) is 2.03. The zero-order valence-corrected chi connectivity index (χ0v) is 14.3. The predicted molar refractivity (Wildman–Crippen MR) is 101 cm³/mol. The standard InChI is InChI=1S/C19H13FN4OS/c20-15-8-4-5-9-17(15)24-18(25)16(22-19(24)26)10-13-11-21-23(12-13)14-6-2-1-3-7-14/h1-12H,(H,22,26)/b16-10+. The van der Waals surface area contributed by atoms with Crippen LogP contribution in [-0.2, 0) is 4.79 Å². The molecule has 2 heterocycles. The number of thiocarbonyl (C=S) groups is 1. The van der Waals surface area contributed by atoms with Gasteiger partial charge in [0.05, 0.1) is 17.6 Å². The van der Waals surface area contributed by atoms with E-state index in [-0.39, 0.29) is 16.5 Å². The normalized spacial score (nSPS) is 15.6.